The van der Waals surface area contributed by atoms with Gasteiger partial charge in [-0.05, 0) is 52.1 Å². The van der Waals surface area contributed by atoms with E-state index in [0.29, 0.717) is 24.4 Å². The molecular formula is C16H28ClN5O2. The summed E-state index contributed by atoms with van der Waals surface area (Å²) in [6, 6.07) is 0. The number of aryl methyl sites for hydroxylation is 1. The molecule has 3 rings (SSSR count). The molecule has 24 heavy (non-hydrogen) atoms. The summed E-state index contributed by atoms with van der Waals surface area (Å²) in [7, 11) is 1.83. The Morgan fingerprint density at radius 1 is 1.33 bits per heavy atom. The number of hydrogen-bond acceptors (Lipinski definition) is 5. The van der Waals surface area contributed by atoms with Crippen molar-refractivity contribution in [3.63, 3.8) is 0 Å². The Labute approximate surface area is 149 Å². The number of carbonyl (C=O) groups excluding carboxylic acids is 1. The van der Waals surface area contributed by atoms with E-state index >= 15 is 0 Å². The Hall–Kier alpha value is -1.18. The third kappa shape index (κ3) is 4.91. The summed E-state index contributed by atoms with van der Waals surface area (Å²) in [4.78, 5) is 16.7. The quantitative estimate of drug-likeness (QED) is 0.842. The molecule has 2 N–H and O–H groups in total. The van der Waals surface area contributed by atoms with E-state index in [1.807, 2.05) is 7.05 Å². The molecule has 1 aromatic heterocycles. The van der Waals surface area contributed by atoms with Gasteiger partial charge in [-0.1, -0.05) is 0 Å². The normalized spacial score (nSPS) is 24.6. The summed E-state index contributed by atoms with van der Waals surface area (Å²) in [6.45, 7) is 4.09. The minimum Gasteiger partial charge on any atom is -0.375 e. The first-order chi connectivity index (χ1) is 11.1. The number of rotatable bonds is 5. The maximum Gasteiger partial charge on any atom is 0.227 e. The topological polar surface area (TPSA) is 81.1 Å². The average Bonchev–Trinajstić information content (AvgIpc) is 3.13. The Morgan fingerprint density at radius 2 is 2.08 bits per heavy atom. The van der Waals surface area contributed by atoms with Crippen LogP contribution >= 0.6 is 12.4 Å². The van der Waals surface area contributed by atoms with Gasteiger partial charge in [-0.25, -0.2) is 4.68 Å². The SMILES string of the molecule is CC1CCC(CCC(=O)Nc2nc(C3CCNCC3)nn2C)O1.Cl. The van der Waals surface area contributed by atoms with Crippen molar-refractivity contribution in [3.8, 4) is 0 Å². The van der Waals surface area contributed by atoms with Gasteiger partial charge in [-0.2, -0.15) is 10.1 Å². The van der Waals surface area contributed by atoms with Crippen molar-refractivity contribution in [1.82, 2.24) is 20.1 Å². The van der Waals surface area contributed by atoms with Gasteiger partial charge in [-0.3, -0.25) is 10.1 Å². The fourth-order valence-electron chi connectivity index (χ4n) is 3.34. The molecule has 2 fully saturated rings. The van der Waals surface area contributed by atoms with Crippen LogP contribution < -0.4 is 10.6 Å². The minimum atomic E-state index is -0.0134. The zero-order chi connectivity index (χ0) is 16.2. The molecule has 2 aliphatic heterocycles. The second-order valence-corrected chi connectivity index (χ2v) is 6.67. The summed E-state index contributed by atoms with van der Waals surface area (Å²) in [6.07, 6.45) is 6.04. The molecule has 1 amide bonds. The van der Waals surface area contributed by atoms with Gasteiger partial charge < -0.3 is 10.1 Å². The highest BCUT2D eigenvalue weighted by Gasteiger charge is 2.23. The van der Waals surface area contributed by atoms with E-state index in [-0.39, 0.29) is 24.4 Å². The number of anilines is 1. The van der Waals surface area contributed by atoms with E-state index in [9.17, 15) is 4.79 Å². The zero-order valence-corrected chi connectivity index (χ0v) is 15.3. The lowest BCUT2D eigenvalue weighted by Gasteiger charge is -2.19. The van der Waals surface area contributed by atoms with Crippen molar-refractivity contribution in [2.45, 2.75) is 63.6 Å². The zero-order valence-electron chi connectivity index (χ0n) is 14.5. The molecule has 0 radical (unpaired) electrons. The summed E-state index contributed by atoms with van der Waals surface area (Å²) in [5, 5.41) is 10.7. The first-order valence-electron chi connectivity index (χ1n) is 8.69. The highest BCUT2D eigenvalue weighted by atomic mass is 35.5. The second-order valence-electron chi connectivity index (χ2n) is 6.67. The van der Waals surface area contributed by atoms with Crippen LogP contribution in [0.2, 0.25) is 0 Å². The monoisotopic (exact) mass is 357 g/mol. The molecule has 2 unspecified atom stereocenters. The molecule has 7 nitrogen and oxygen atoms in total. The summed E-state index contributed by atoms with van der Waals surface area (Å²) in [5.74, 6) is 1.77. The van der Waals surface area contributed by atoms with E-state index in [0.717, 1.165) is 51.0 Å². The van der Waals surface area contributed by atoms with Gasteiger partial charge in [0.25, 0.3) is 0 Å². The van der Waals surface area contributed by atoms with Crippen LogP contribution in [0.1, 0.15) is 57.2 Å². The Kier molecular flexibility index (Phi) is 7.01. The van der Waals surface area contributed by atoms with Crippen molar-refractivity contribution in [2.75, 3.05) is 18.4 Å². The van der Waals surface area contributed by atoms with Crippen LogP contribution in [-0.2, 0) is 16.6 Å². The number of nitrogens with one attached hydrogen (secondary N) is 2. The number of amides is 1. The lowest BCUT2D eigenvalue weighted by atomic mass is 9.98. The molecule has 0 aromatic carbocycles. The third-order valence-corrected chi connectivity index (χ3v) is 4.75. The van der Waals surface area contributed by atoms with Gasteiger partial charge in [0.15, 0.2) is 5.82 Å². The maximum atomic E-state index is 12.1. The average molecular weight is 358 g/mol. The van der Waals surface area contributed by atoms with Crippen molar-refractivity contribution in [1.29, 1.82) is 0 Å². The molecule has 8 heteroatoms. The van der Waals surface area contributed by atoms with E-state index < -0.39 is 0 Å². The van der Waals surface area contributed by atoms with Gasteiger partial charge in [-0.15, -0.1) is 12.4 Å². The van der Waals surface area contributed by atoms with Crippen LogP contribution in [-0.4, -0.2) is 46.0 Å². The number of piperidine rings is 1. The van der Waals surface area contributed by atoms with Crippen molar-refractivity contribution in [3.05, 3.63) is 5.82 Å². The van der Waals surface area contributed by atoms with Crippen LogP contribution in [0.3, 0.4) is 0 Å². The van der Waals surface area contributed by atoms with Crippen LogP contribution in [0.15, 0.2) is 0 Å². The van der Waals surface area contributed by atoms with Crippen molar-refractivity contribution < 1.29 is 9.53 Å². The molecule has 0 aliphatic carbocycles. The highest BCUT2D eigenvalue weighted by molar-refractivity contribution is 5.88. The minimum absolute atomic E-state index is 0. The number of halogens is 1. The maximum absolute atomic E-state index is 12.1. The first kappa shape index (κ1) is 19.1. The fourth-order valence-corrected chi connectivity index (χ4v) is 3.34. The molecule has 0 spiro atoms. The molecule has 1 aromatic rings. The number of hydrogen-bond donors (Lipinski definition) is 2. The second kappa shape index (κ2) is 8.78. The largest absolute Gasteiger partial charge is 0.375 e. The molecule has 3 heterocycles. The smallest absolute Gasteiger partial charge is 0.227 e. The molecule has 2 aliphatic rings. The van der Waals surface area contributed by atoms with Crippen molar-refractivity contribution >= 4 is 24.3 Å². The Morgan fingerprint density at radius 3 is 2.75 bits per heavy atom. The molecule has 2 saturated heterocycles. The number of nitrogens with zero attached hydrogens (tertiary/aromatic N) is 3. The lowest BCUT2D eigenvalue weighted by molar-refractivity contribution is -0.117. The fraction of sp³-hybridized carbons (Fsp3) is 0.812. The van der Waals surface area contributed by atoms with Crippen LogP contribution in [0.4, 0.5) is 5.95 Å². The van der Waals surface area contributed by atoms with Crippen LogP contribution in [0.25, 0.3) is 0 Å². The first-order valence-corrected chi connectivity index (χ1v) is 8.69. The molecule has 0 saturated carbocycles. The third-order valence-electron chi connectivity index (χ3n) is 4.75. The predicted molar refractivity (Wildman–Crippen MR) is 94.5 cm³/mol. The van der Waals surface area contributed by atoms with Crippen LogP contribution in [0.5, 0.6) is 0 Å². The van der Waals surface area contributed by atoms with Crippen molar-refractivity contribution in [2.24, 2.45) is 7.05 Å². The number of aromatic nitrogens is 3. The van der Waals surface area contributed by atoms with E-state index in [1.54, 1.807) is 4.68 Å². The Balaban J connectivity index is 0.00000208. The van der Waals surface area contributed by atoms with E-state index in [2.05, 4.69) is 27.6 Å². The van der Waals surface area contributed by atoms with Gasteiger partial charge in [0.2, 0.25) is 11.9 Å². The van der Waals surface area contributed by atoms with Crippen LogP contribution in [0, 0.1) is 0 Å². The molecule has 136 valence electrons. The number of carbonyl (C=O) groups is 1. The van der Waals surface area contributed by atoms with E-state index in [1.165, 1.54) is 0 Å². The van der Waals surface area contributed by atoms with Gasteiger partial charge in [0.05, 0.1) is 12.2 Å². The molecular weight excluding hydrogens is 330 g/mol. The summed E-state index contributed by atoms with van der Waals surface area (Å²) >= 11 is 0. The van der Waals surface area contributed by atoms with Gasteiger partial charge >= 0.3 is 0 Å². The lowest BCUT2D eigenvalue weighted by Crippen LogP contribution is -2.27. The van der Waals surface area contributed by atoms with Gasteiger partial charge in [0, 0.05) is 19.4 Å². The van der Waals surface area contributed by atoms with E-state index in [4.69, 9.17) is 4.74 Å². The summed E-state index contributed by atoms with van der Waals surface area (Å²) in [5.41, 5.74) is 0. The molecule has 0 bridgehead atoms. The standard InChI is InChI=1S/C16H27N5O2.ClH/c1-11-3-4-13(23-11)5-6-14(22)18-16-19-15(20-21(16)2)12-7-9-17-10-8-12;/h11-13,17H,3-10H2,1-2H3,(H,18,19,20,22);1H. The van der Waals surface area contributed by atoms with Gasteiger partial charge in [0.1, 0.15) is 0 Å². The highest BCUT2D eigenvalue weighted by Crippen LogP contribution is 2.24. The Bertz CT molecular complexity index is 545. The number of ether oxygens (including phenoxy) is 1. The summed E-state index contributed by atoms with van der Waals surface area (Å²) < 4.78 is 7.42. The predicted octanol–water partition coefficient (Wildman–Crippen LogP) is 1.99. The molecule has 2 atom stereocenters.